The van der Waals surface area contributed by atoms with E-state index in [2.05, 4.69) is 11.0 Å². The summed E-state index contributed by atoms with van der Waals surface area (Å²) in [6, 6.07) is 15.7. The first-order chi connectivity index (χ1) is 10.7. The molecule has 114 valence electrons. The van der Waals surface area contributed by atoms with E-state index in [-0.39, 0.29) is 5.78 Å². The monoisotopic (exact) mass is 295 g/mol. The lowest BCUT2D eigenvalue weighted by Crippen LogP contribution is -2.35. The van der Waals surface area contributed by atoms with Crippen LogP contribution in [0.2, 0.25) is 0 Å². The molecule has 0 radical (unpaired) electrons. The largest absolute Gasteiger partial charge is 0.379 e. The van der Waals surface area contributed by atoms with Crippen LogP contribution in [0.15, 0.2) is 48.5 Å². The molecule has 0 bridgehead atoms. The van der Waals surface area contributed by atoms with E-state index < -0.39 is 0 Å². The minimum atomic E-state index is 0.0990. The van der Waals surface area contributed by atoms with Gasteiger partial charge < -0.3 is 4.74 Å². The summed E-state index contributed by atoms with van der Waals surface area (Å²) in [5, 5.41) is 0. The maximum atomic E-state index is 12.7. The van der Waals surface area contributed by atoms with Gasteiger partial charge in [-0.15, -0.1) is 0 Å². The molecule has 0 saturated carbocycles. The highest BCUT2D eigenvalue weighted by molar-refractivity contribution is 6.09. The number of morpholine rings is 1. The van der Waals surface area contributed by atoms with Crippen LogP contribution in [0, 0.1) is 6.92 Å². The molecule has 0 spiro atoms. The van der Waals surface area contributed by atoms with Gasteiger partial charge in [-0.1, -0.05) is 42.5 Å². The van der Waals surface area contributed by atoms with Crippen molar-refractivity contribution in [1.82, 2.24) is 4.90 Å². The highest BCUT2D eigenvalue weighted by Crippen LogP contribution is 2.16. The first-order valence-corrected chi connectivity index (χ1v) is 7.73. The van der Waals surface area contributed by atoms with Crippen molar-refractivity contribution in [1.29, 1.82) is 0 Å². The number of nitrogens with zero attached hydrogens (tertiary/aromatic N) is 1. The lowest BCUT2D eigenvalue weighted by Gasteiger charge is -2.26. The summed E-state index contributed by atoms with van der Waals surface area (Å²) >= 11 is 0. The van der Waals surface area contributed by atoms with E-state index in [0.29, 0.717) is 0 Å². The number of carbonyl (C=O) groups excluding carboxylic acids is 1. The molecular formula is C19H21NO2. The summed E-state index contributed by atoms with van der Waals surface area (Å²) in [6.45, 7) is 6.35. The molecule has 0 amide bonds. The third kappa shape index (κ3) is 3.43. The summed E-state index contributed by atoms with van der Waals surface area (Å²) in [5.74, 6) is 0.0990. The third-order valence-corrected chi connectivity index (χ3v) is 4.09. The van der Waals surface area contributed by atoms with Crippen molar-refractivity contribution in [2.45, 2.75) is 13.5 Å². The summed E-state index contributed by atoms with van der Waals surface area (Å²) in [4.78, 5) is 15.0. The van der Waals surface area contributed by atoms with Gasteiger partial charge in [-0.2, -0.15) is 0 Å². The van der Waals surface area contributed by atoms with Crippen molar-refractivity contribution in [3.8, 4) is 0 Å². The molecule has 0 N–H and O–H groups in total. The van der Waals surface area contributed by atoms with Crippen LogP contribution >= 0.6 is 0 Å². The van der Waals surface area contributed by atoms with E-state index in [9.17, 15) is 4.79 Å². The molecule has 1 aliphatic heterocycles. The molecule has 0 aliphatic carbocycles. The second-order valence-corrected chi connectivity index (χ2v) is 5.73. The Kier molecular flexibility index (Phi) is 4.66. The van der Waals surface area contributed by atoms with Crippen LogP contribution in [0.3, 0.4) is 0 Å². The molecule has 1 saturated heterocycles. The Morgan fingerprint density at radius 3 is 2.64 bits per heavy atom. The highest BCUT2D eigenvalue weighted by Gasteiger charge is 2.14. The summed E-state index contributed by atoms with van der Waals surface area (Å²) < 4.78 is 5.37. The predicted molar refractivity (Wildman–Crippen MR) is 87.1 cm³/mol. The number of hydrogen-bond donors (Lipinski definition) is 0. The summed E-state index contributed by atoms with van der Waals surface area (Å²) in [7, 11) is 0. The molecule has 0 unspecified atom stereocenters. The van der Waals surface area contributed by atoms with Crippen LogP contribution in [-0.4, -0.2) is 37.0 Å². The molecule has 3 rings (SSSR count). The number of hydrogen-bond acceptors (Lipinski definition) is 3. The van der Waals surface area contributed by atoms with Gasteiger partial charge in [0.2, 0.25) is 0 Å². The van der Waals surface area contributed by atoms with Crippen molar-refractivity contribution >= 4 is 5.78 Å². The van der Waals surface area contributed by atoms with Crippen LogP contribution < -0.4 is 0 Å². The molecular weight excluding hydrogens is 274 g/mol. The van der Waals surface area contributed by atoms with Gasteiger partial charge in [0.15, 0.2) is 5.78 Å². The van der Waals surface area contributed by atoms with Gasteiger partial charge in [-0.3, -0.25) is 9.69 Å². The van der Waals surface area contributed by atoms with Crippen LogP contribution in [-0.2, 0) is 11.3 Å². The average Bonchev–Trinajstić information content (AvgIpc) is 2.56. The molecule has 0 aromatic heterocycles. The zero-order valence-electron chi connectivity index (χ0n) is 12.9. The van der Waals surface area contributed by atoms with Crippen molar-refractivity contribution in [3.05, 3.63) is 70.8 Å². The van der Waals surface area contributed by atoms with Crippen molar-refractivity contribution in [3.63, 3.8) is 0 Å². The van der Waals surface area contributed by atoms with E-state index in [1.165, 1.54) is 5.56 Å². The third-order valence-electron chi connectivity index (χ3n) is 4.09. The van der Waals surface area contributed by atoms with Gasteiger partial charge in [-0.05, 0) is 24.1 Å². The smallest absolute Gasteiger partial charge is 0.193 e. The minimum Gasteiger partial charge on any atom is -0.379 e. The van der Waals surface area contributed by atoms with E-state index in [1.54, 1.807) is 0 Å². The van der Waals surface area contributed by atoms with E-state index >= 15 is 0 Å². The standard InChI is InChI=1S/C19H21NO2/c1-15-5-2-3-8-18(15)19(21)17-7-4-6-16(13-17)14-20-9-11-22-12-10-20/h2-8,13H,9-12,14H2,1H3. The molecule has 2 aromatic carbocycles. The summed E-state index contributed by atoms with van der Waals surface area (Å²) in [6.07, 6.45) is 0. The van der Waals surface area contributed by atoms with Crippen molar-refractivity contribution in [2.75, 3.05) is 26.3 Å². The second kappa shape index (κ2) is 6.86. The van der Waals surface area contributed by atoms with Crippen molar-refractivity contribution in [2.24, 2.45) is 0 Å². The fourth-order valence-electron chi connectivity index (χ4n) is 2.81. The zero-order chi connectivity index (χ0) is 15.4. The lowest BCUT2D eigenvalue weighted by molar-refractivity contribution is 0.0342. The Balaban J connectivity index is 1.78. The Hall–Kier alpha value is -1.97. The fraction of sp³-hybridized carbons (Fsp3) is 0.316. The quantitative estimate of drug-likeness (QED) is 0.812. The Morgan fingerprint density at radius 1 is 1.09 bits per heavy atom. The van der Waals surface area contributed by atoms with Crippen LogP contribution in [0.4, 0.5) is 0 Å². The first-order valence-electron chi connectivity index (χ1n) is 7.73. The number of benzene rings is 2. The number of aryl methyl sites for hydroxylation is 1. The van der Waals surface area contributed by atoms with Crippen LogP contribution in [0.25, 0.3) is 0 Å². The average molecular weight is 295 g/mol. The van der Waals surface area contributed by atoms with Gasteiger partial charge in [0.05, 0.1) is 13.2 Å². The highest BCUT2D eigenvalue weighted by atomic mass is 16.5. The van der Waals surface area contributed by atoms with Gasteiger partial charge in [0.25, 0.3) is 0 Å². The molecule has 1 heterocycles. The summed E-state index contributed by atoms with van der Waals surface area (Å²) in [5.41, 5.74) is 3.75. The second-order valence-electron chi connectivity index (χ2n) is 5.73. The normalized spacial score (nSPS) is 15.7. The topological polar surface area (TPSA) is 29.5 Å². The maximum Gasteiger partial charge on any atom is 0.193 e. The number of ether oxygens (including phenoxy) is 1. The van der Waals surface area contributed by atoms with E-state index in [4.69, 9.17) is 4.74 Å². The van der Waals surface area contributed by atoms with E-state index in [0.717, 1.165) is 49.5 Å². The van der Waals surface area contributed by atoms with Crippen LogP contribution in [0.5, 0.6) is 0 Å². The van der Waals surface area contributed by atoms with Gasteiger partial charge in [0, 0.05) is 30.8 Å². The Labute approximate surface area is 131 Å². The fourth-order valence-corrected chi connectivity index (χ4v) is 2.81. The molecule has 1 aliphatic rings. The first kappa shape index (κ1) is 14.9. The molecule has 3 heteroatoms. The zero-order valence-corrected chi connectivity index (χ0v) is 12.9. The number of rotatable bonds is 4. The Morgan fingerprint density at radius 2 is 1.86 bits per heavy atom. The van der Waals surface area contributed by atoms with Gasteiger partial charge >= 0.3 is 0 Å². The minimum absolute atomic E-state index is 0.0990. The molecule has 3 nitrogen and oxygen atoms in total. The Bertz CT molecular complexity index is 660. The molecule has 2 aromatic rings. The van der Waals surface area contributed by atoms with Gasteiger partial charge in [0.1, 0.15) is 0 Å². The van der Waals surface area contributed by atoms with Crippen LogP contribution in [0.1, 0.15) is 27.0 Å². The predicted octanol–water partition coefficient (Wildman–Crippen LogP) is 3.06. The maximum absolute atomic E-state index is 12.7. The number of carbonyl (C=O) groups is 1. The lowest BCUT2D eigenvalue weighted by atomic mass is 9.98. The molecule has 1 fully saturated rings. The van der Waals surface area contributed by atoms with E-state index in [1.807, 2.05) is 49.4 Å². The number of ketones is 1. The SMILES string of the molecule is Cc1ccccc1C(=O)c1cccc(CN2CCOCC2)c1. The molecule has 22 heavy (non-hydrogen) atoms. The van der Waals surface area contributed by atoms with Crippen molar-refractivity contribution < 1.29 is 9.53 Å². The molecule has 0 atom stereocenters. The van der Waals surface area contributed by atoms with Gasteiger partial charge in [-0.25, -0.2) is 0 Å².